The summed E-state index contributed by atoms with van der Waals surface area (Å²) in [6, 6.07) is 23.1. The van der Waals surface area contributed by atoms with Crippen molar-refractivity contribution in [2.75, 3.05) is 6.54 Å². The molecular weight excluding hydrogens is 378 g/mol. The fourth-order valence-electron chi connectivity index (χ4n) is 2.39. The first-order valence-corrected chi connectivity index (χ1v) is 8.99. The van der Waals surface area contributed by atoms with Crippen LogP contribution in [0.2, 0.25) is 5.02 Å². The first-order chi connectivity index (χ1) is 13.6. The fourth-order valence-corrected chi connectivity index (χ4v) is 2.52. The lowest BCUT2D eigenvalue weighted by Crippen LogP contribution is -2.30. The van der Waals surface area contributed by atoms with Crippen LogP contribution in [-0.2, 0) is 16.1 Å². The SMILES string of the molecule is O=C(CNC(=O)c1ccc(Cl)cc1)OCc1cccc(Oc2ccccc2)c1. The third kappa shape index (κ3) is 5.86. The number of benzene rings is 3. The van der Waals surface area contributed by atoms with E-state index in [1.54, 1.807) is 30.3 Å². The van der Waals surface area contributed by atoms with Crippen LogP contribution in [0.5, 0.6) is 11.5 Å². The highest BCUT2D eigenvalue weighted by molar-refractivity contribution is 6.30. The Morgan fingerprint density at radius 2 is 1.57 bits per heavy atom. The average molecular weight is 396 g/mol. The minimum Gasteiger partial charge on any atom is -0.460 e. The second-order valence-corrected chi connectivity index (χ2v) is 6.35. The van der Waals surface area contributed by atoms with Gasteiger partial charge in [0.15, 0.2) is 0 Å². The van der Waals surface area contributed by atoms with Gasteiger partial charge < -0.3 is 14.8 Å². The quantitative estimate of drug-likeness (QED) is 0.593. The highest BCUT2D eigenvalue weighted by Gasteiger charge is 2.09. The molecule has 3 aromatic carbocycles. The Morgan fingerprint density at radius 3 is 2.32 bits per heavy atom. The minimum atomic E-state index is -0.531. The van der Waals surface area contributed by atoms with E-state index in [0.29, 0.717) is 16.3 Å². The maximum atomic E-state index is 12.0. The zero-order valence-electron chi connectivity index (χ0n) is 14.9. The first kappa shape index (κ1) is 19.5. The van der Waals surface area contributed by atoms with Crippen molar-refractivity contribution in [1.29, 1.82) is 0 Å². The van der Waals surface area contributed by atoms with Crippen LogP contribution in [0.4, 0.5) is 0 Å². The first-order valence-electron chi connectivity index (χ1n) is 8.61. The number of carbonyl (C=O) groups is 2. The van der Waals surface area contributed by atoms with E-state index in [2.05, 4.69) is 5.32 Å². The van der Waals surface area contributed by atoms with Gasteiger partial charge in [-0.3, -0.25) is 9.59 Å². The van der Waals surface area contributed by atoms with Crippen molar-refractivity contribution in [3.8, 4) is 11.5 Å². The molecule has 0 atom stereocenters. The third-order valence-corrected chi connectivity index (χ3v) is 4.03. The summed E-state index contributed by atoms with van der Waals surface area (Å²) < 4.78 is 11.0. The van der Waals surface area contributed by atoms with Gasteiger partial charge in [-0.05, 0) is 54.1 Å². The molecular formula is C22H18ClNO4. The van der Waals surface area contributed by atoms with E-state index < -0.39 is 5.97 Å². The predicted molar refractivity (Wildman–Crippen MR) is 107 cm³/mol. The molecule has 1 amide bonds. The Balaban J connectivity index is 1.47. The number of rotatable bonds is 7. The van der Waals surface area contributed by atoms with Crippen molar-refractivity contribution in [3.63, 3.8) is 0 Å². The van der Waals surface area contributed by atoms with E-state index in [0.717, 1.165) is 11.3 Å². The lowest BCUT2D eigenvalue weighted by Gasteiger charge is -2.09. The molecule has 6 heteroatoms. The van der Waals surface area contributed by atoms with E-state index in [4.69, 9.17) is 21.1 Å². The van der Waals surface area contributed by atoms with Crippen molar-refractivity contribution in [2.45, 2.75) is 6.61 Å². The number of hydrogen-bond acceptors (Lipinski definition) is 4. The molecule has 0 saturated carbocycles. The van der Waals surface area contributed by atoms with Gasteiger partial charge in [-0.15, -0.1) is 0 Å². The largest absolute Gasteiger partial charge is 0.460 e. The number of halogens is 1. The van der Waals surface area contributed by atoms with Crippen LogP contribution in [0.3, 0.4) is 0 Å². The number of esters is 1. The molecule has 3 aromatic rings. The lowest BCUT2D eigenvalue weighted by atomic mass is 10.2. The van der Waals surface area contributed by atoms with Crippen molar-refractivity contribution in [2.24, 2.45) is 0 Å². The highest BCUT2D eigenvalue weighted by atomic mass is 35.5. The summed E-state index contributed by atoms with van der Waals surface area (Å²) in [7, 11) is 0. The van der Waals surface area contributed by atoms with E-state index >= 15 is 0 Å². The number of para-hydroxylation sites is 1. The second-order valence-electron chi connectivity index (χ2n) is 5.91. The van der Waals surface area contributed by atoms with Crippen molar-refractivity contribution >= 4 is 23.5 Å². The van der Waals surface area contributed by atoms with Gasteiger partial charge in [-0.2, -0.15) is 0 Å². The molecule has 0 heterocycles. The van der Waals surface area contributed by atoms with E-state index in [-0.39, 0.29) is 19.1 Å². The molecule has 0 aliphatic carbocycles. The fraction of sp³-hybridized carbons (Fsp3) is 0.0909. The van der Waals surface area contributed by atoms with Crippen molar-refractivity contribution in [3.05, 3.63) is 95.0 Å². The van der Waals surface area contributed by atoms with E-state index in [9.17, 15) is 9.59 Å². The zero-order valence-corrected chi connectivity index (χ0v) is 15.7. The Kier molecular flexibility index (Phi) is 6.65. The molecule has 142 valence electrons. The summed E-state index contributed by atoms with van der Waals surface area (Å²) in [6.07, 6.45) is 0. The van der Waals surface area contributed by atoms with Gasteiger partial charge in [0.05, 0.1) is 0 Å². The Bertz CT molecular complexity index is 942. The second kappa shape index (κ2) is 9.58. The van der Waals surface area contributed by atoms with Gasteiger partial charge >= 0.3 is 5.97 Å². The van der Waals surface area contributed by atoms with Crippen LogP contribution in [0, 0.1) is 0 Å². The number of nitrogens with one attached hydrogen (secondary N) is 1. The molecule has 3 rings (SSSR count). The standard InChI is InChI=1S/C22H18ClNO4/c23-18-11-9-17(10-12-18)22(26)24-14-21(25)27-15-16-5-4-8-20(13-16)28-19-6-2-1-3-7-19/h1-13H,14-15H2,(H,24,26). The Labute approximate surface area is 167 Å². The number of hydrogen-bond donors (Lipinski definition) is 1. The number of carbonyl (C=O) groups excluding carboxylic acids is 2. The van der Waals surface area contributed by atoms with Crippen LogP contribution >= 0.6 is 11.6 Å². The van der Waals surface area contributed by atoms with Gasteiger partial charge in [0.1, 0.15) is 24.7 Å². The lowest BCUT2D eigenvalue weighted by molar-refractivity contribution is -0.143. The van der Waals surface area contributed by atoms with Crippen LogP contribution in [0.25, 0.3) is 0 Å². The summed E-state index contributed by atoms with van der Waals surface area (Å²) >= 11 is 5.78. The van der Waals surface area contributed by atoms with Crippen LogP contribution in [0.15, 0.2) is 78.9 Å². The molecule has 0 aliphatic rings. The van der Waals surface area contributed by atoms with Gasteiger partial charge in [-0.25, -0.2) is 0 Å². The predicted octanol–water partition coefficient (Wildman–Crippen LogP) is 4.61. The van der Waals surface area contributed by atoms with Crippen molar-refractivity contribution in [1.82, 2.24) is 5.32 Å². The van der Waals surface area contributed by atoms with Crippen LogP contribution in [-0.4, -0.2) is 18.4 Å². The molecule has 0 fully saturated rings. The number of amides is 1. The highest BCUT2D eigenvalue weighted by Crippen LogP contribution is 2.22. The molecule has 0 bridgehead atoms. The topological polar surface area (TPSA) is 64.6 Å². The molecule has 0 radical (unpaired) electrons. The maximum absolute atomic E-state index is 12.0. The smallest absolute Gasteiger partial charge is 0.325 e. The molecule has 0 aromatic heterocycles. The summed E-state index contributed by atoms with van der Waals surface area (Å²) in [6.45, 7) is -0.136. The normalized spacial score (nSPS) is 10.2. The number of ether oxygens (including phenoxy) is 2. The molecule has 0 aliphatic heterocycles. The monoisotopic (exact) mass is 395 g/mol. The van der Waals surface area contributed by atoms with E-state index in [1.807, 2.05) is 48.5 Å². The summed E-state index contributed by atoms with van der Waals surface area (Å²) in [5.41, 5.74) is 1.20. The van der Waals surface area contributed by atoms with E-state index in [1.165, 1.54) is 0 Å². The summed E-state index contributed by atoms with van der Waals surface area (Å²) in [5, 5.41) is 3.05. The average Bonchev–Trinajstić information content (AvgIpc) is 2.72. The minimum absolute atomic E-state index is 0.0850. The van der Waals surface area contributed by atoms with Gasteiger partial charge in [0.25, 0.3) is 5.91 Å². The molecule has 28 heavy (non-hydrogen) atoms. The summed E-state index contributed by atoms with van der Waals surface area (Å²) in [4.78, 5) is 23.9. The molecule has 5 nitrogen and oxygen atoms in total. The molecule has 0 spiro atoms. The third-order valence-electron chi connectivity index (χ3n) is 3.78. The van der Waals surface area contributed by atoms with Gasteiger partial charge in [0.2, 0.25) is 0 Å². The van der Waals surface area contributed by atoms with Crippen LogP contribution in [0.1, 0.15) is 15.9 Å². The Morgan fingerprint density at radius 1 is 0.857 bits per heavy atom. The molecule has 0 saturated heterocycles. The van der Waals surface area contributed by atoms with Crippen LogP contribution < -0.4 is 10.1 Å². The van der Waals surface area contributed by atoms with Gasteiger partial charge in [-0.1, -0.05) is 41.9 Å². The van der Waals surface area contributed by atoms with Gasteiger partial charge in [0, 0.05) is 10.6 Å². The molecule has 1 N–H and O–H groups in total. The maximum Gasteiger partial charge on any atom is 0.325 e. The zero-order chi connectivity index (χ0) is 19.8. The molecule has 0 unspecified atom stereocenters. The van der Waals surface area contributed by atoms with Crippen molar-refractivity contribution < 1.29 is 19.1 Å². The Hall–Kier alpha value is -3.31. The summed E-state index contributed by atoms with van der Waals surface area (Å²) in [5.74, 6) is 0.473.